The molecule has 7 nitrogen and oxygen atoms in total. The fraction of sp³-hybridized carbons (Fsp3) is 0.550. The van der Waals surface area contributed by atoms with E-state index in [0.717, 1.165) is 48.7 Å². The summed E-state index contributed by atoms with van der Waals surface area (Å²) in [5.41, 5.74) is 0.799. The van der Waals surface area contributed by atoms with Crippen LogP contribution in [0.25, 0.3) is 0 Å². The maximum atomic E-state index is 13.1. The number of thioether (sulfide) groups is 1. The molecular weight excluding hydrogens is 376 g/mol. The second-order valence-electron chi connectivity index (χ2n) is 7.24. The summed E-state index contributed by atoms with van der Waals surface area (Å²) in [4.78, 5) is 22.6. The first kappa shape index (κ1) is 19.4. The minimum Gasteiger partial charge on any atom is -0.377 e. The number of aryl methyl sites for hydroxylation is 1. The van der Waals surface area contributed by atoms with Gasteiger partial charge in [0, 0.05) is 50.4 Å². The fourth-order valence-electron chi connectivity index (χ4n) is 3.61. The molecule has 2 aliphatic rings. The van der Waals surface area contributed by atoms with E-state index in [0.29, 0.717) is 37.5 Å². The quantitative estimate of drug-likeness (QED) is 0.688. The summed E-state index contributed by atoms with van der Waals surface area (Å²) in [7, 11) is 0. The van der Waals surface area contributed by atoms with E-state index in [2.05, 4.69) is 15.0 Å². The molecule has 0 aliphatic carbocycles. The van der Waals surface area contributed by atoms with Gasteiger partial charge in [0.15, 0.2) is 5.82 Å². The Morgan fingerprint density at radius 2 is 2.07 bits per heavy atom. The average Bonchev–Trinajstić information content (AvgIpc) is 3.38. The van der Waals surface area contributed by atoms with Crippen molar-refractivity contribution in [2.45, 2.75) is 37.3 Å². The third-order valence-corrected chi connectivity index (χ3v) is 6.37. The lowest BCUT2D eigenvalue weighted by Crippen LogP contribution is -2.48. The predicted molar refractivity (Wildman–Crippen MR) is 106 cm³/mol. The van der Waals surface area contributed by atoms with Crippen LogP contribution in [-0.4, -0.2) is 70.5 Å². The van der Waals surface area contributed by atoms with E-state index < -0.39 is 0 Å². The summed E-state index contributed by atoms with van der Waals surface area (Å²) >= 11 is 1.73. The highest BCUT2D eigenvalue weighted by Crippen LogP contribution is 2.27. The molecule has 1 unspecified atom stereocenters. The van der Waals surface area contributed by atoms with Crippen LogP contribution >= 0.6 is 11.8 Å². The molecule has 150 valence electrons. The molecule has 0 N–H and O–H groups in total. The summed E-state index contributed by atoms with van der Waals surface area (Å²) in [5, 5.41) is 3.95. The Labute approximate surface area is 169 Å². The lowest BCUT2D eigenvalue weighted by molar-refractivity contribution is 0.0621. The van der Waals surface area contributed by atoms with Gasteiger partial charge in [0.25, 0.3) is 5.91 Å². The standard InChI is InChI=1S/C20H26N4O3S/c1-15-21-19(22-27-15)13-23-8-10-24(11-9-23)20(25)17-6-2-3-7-18(17)28-14-16-5-4-12-26-16/h2-3,6-7,16H,4-5,8-14H2,1H3. The first-order chi connectivity index (χ1) is 13.7. The van der Waals surface area contributed by atoms with Crippen molar-refractivity contribution in [1.29, 1.82) is 0 Å². The van der Waals surface area contributed by atoms with Gasteiger partial charge >= 0.3 is 0 Å². The summed E-state index contributed by atoms with van der Waals surface area (Å²) in [6, 6.07) is 7.92. The monoisotopic (exact) mass is 402 g/mol. The molecule has 2 saturated heterocycles. The molecule has 0 spiro atoms. The Bertz CT molecular complexity index is 798. The number of piperazine rings is 1. The first-order valence-electron chi connectivity index (χ1n) is 9.83. The van der Waals surface area contributed by atoms with Crippen LogP contribution in [0.1, 0.15) is 34.9 Å². The van der Waals surface area contributed by atoms with Crippen LogP contribution in [0.2, 0.25) is 0 Å². The molecule has 2 aromatic rings. The molecule has 3 heterocycles. The summed E-state index contributed by atoms with van der Waals surface area (Å²) in [6.07, 6.45) is 2.57. The highest BCUT2D eigenvalue weighted by Gasteiger charge is 2.25. The number of aromatic nitrogens is 2. The van der Waals surface area contributed by atoms with Gasteiger partial charge < -0.3 is 14.2 Å². The van der Waals surface area contributed by atoms with Crippen molar-refractivity contribution in [3.63, 3.8) is 0 Å². The third kappa shape index (κ3) is 4.74. The molecule has 4 rings (SSSR count). The van der Waals surface area contributed by atoms with Crippen molar-refractivity contribution >= 4 is 17.7 Å². The second-order valence-corrected chi connectivity index (χ2v) is 8.30. The van der Waals surface area contributed by atoms with Gasteiger partial charge in [0.1, 0.15) is 0 Å². The SMILES string of the molecule is Cc1nc(CN2CCN(C(=O)c3ccccc3SCC3CCCO3)CC2)no1. The highest BCUT2D eigenvalue weighted by molar-refractivity contribution is 7.99. The van der Waals surface area contributed by atoms with E-state index in [-0.39, 0.29) is 5.91 Å². The van der Waals surface area contributed by atoms with Gasteiger partial charge in [-0.2, -0.15) is 4.98 Å². The third-order valence-electron chi connectivity index (χ3n) is 5.16. The second kappa shape index (κ2) is 9.07. The highest BCUT2D eigenvalue weighted by atomic mass is 32.2. The molecule has 2 fully saturated rings. The van der Waals surface area contributed by atoms with Crippen LogP contribution in [0.15, 0.2) is 33.7 Å². The number of benzene rings is 1. The summed E-state index contributed by atoms with van der Waals surface area (Å²) in [5.74, 6) is 2.31. The molecule has 0 bridgehead atoms. The first-order valence-corrected chi connectivity index (χ1v) is 10.8. The Kier molecular flexibility index (Phi) is 6.29. The average molecular weight is 403 g/mol. The van der Waals surface area contributed by atoms with Crippen molar-refractivity contribution < 1.29 is 14.1 Å². The van der Waals surface area contributed by atoms with Gasteiger partial charge in [-0.1, -0.05) is 17.3 Å². The molecule has 1 amide bonds. The van der Waals surface area contributed by atoms with Gasteiger partial charge in [-0.15, -0.1) is 11.8 Å². The minimum atomic E-state index is 0.116. The Morgan fingerprint density at radius 3 is 2.79 bits per heavy atom. The van der Waals surface area contributed by atoms with Crippen molar-refractivity contribution in [3.05, 3.63) is 41.5 Å². The lowest BCUT2D eigenvalue weighted by Gasteiger charge is -2.34. The zero-order valence-corrected chi connectivity index (χ0v) is 17.0. The van der Waals surface area contributed by atoms with Crippen molar-refractivity contribution in [3.8, 4) is 0 Å². The zero-order valence-electron chi connectivity index (χ0n) is 16.2. The number of carbonyl (C=O) groups excluding carboxylic acids is 1. The van der Waals surface area contributed by atoms with Crippen molar-refractivity contribution in [1.82, 2.24) is 19.9 Å². The molecule has 1 aromatic carbocycles. The van der Waals surface area contributed by atoms with Gasteiger partial charge in [0.2, 0.25) is 5.89 Å². The lowest BCUT2D eigenvalue weighted by atomic mass is 10.2. The molecule has 28 heavy (non-hydrogen) atoms. The minimum absolute atomic E-state index is 0.116. The van der Waals surface area contributed by atoms with Gasteiger partial charge in [0.05, 0.1) is 18.2 Å². The number of hydrogen-bond donors (Lipinski definition) is 0. The molecule has 1 aromatic heterocycles. The number of nitrogens with zero attached hydrogens (tertiary/aromatic N) is 4. The van der Waals surface area contributed by atoms with E-state index in [1.807, 2.05) is 29.2 Å². The van der Waals surface area contributed by atoms with Gasteiger partial charge in [-0.25, -0.2) is 0 Å². The van der Waals surface area contributed by atoms with Crippen LogP contribution in [0.3, 0.4) is 0 Å². The van der Waals surface area contributed by atoms with Gasteiger partial charge in [-0.05, 0) is 25.0 Å². The van der Waals surface area contributed by atoms with E-state index in [4.69, 9.17) is 9.26 Å². The number of carbonyl (C=O) groups is 1. The molecule has 1 atom stereocenters. The predicted octanol–water partition coefficient (Wildman–Crippen LogP) is 2.61. The molecule has 0 saturated carbocycles. The summed E-state index contributed by atoms with van der Waals surface area (Å²) < 4.78 is 10.7. The Hall–Kier alpha value is -1.90. The largest absolute Gasteiger partial charge is 0.377 e. The van der Waals surface area contributed by atoms with Crippen LogP contribution in [0.4, 0.5) is 0 Å². The fourth-order valence-corrected chi connectivity index (χ4v) is 4.73. The number of rotatable bonds is 6. The molecule has 0 radical (unpaired) electrons. The zero-order chi connectivity index (χ0) is 19.3. The number of ether oxygens (including phenoxy) is 1. The van der Waals surface area contributed by atoms with E-state index in [1.54, 1.807) is 18.7 Å². The van der Waals surface area contributed by atoms with Crippen LogP contribution in [0, 0.1) is 6.92 Å². The van der Waals surface area contributed by atoms with Crippen LogP contribution in [-0.2, 0) is 11.3 Å². The van der Waals surface area contributed by atoms with Crippen LogP contribution in [0.5, 0.6) is 0 Å². The molecule has 2 aliphatic heterocycles. The number of amides is 1. The summed E-state index contributed by atoms with van der Waals surface area (Å²) in [6.45, 7) is 6.35. The van der Waals surface area contributed by atoms with Crippen LogP contribution < -0.4 is 0 Å². The van der Waals surface area contributed by atoms with Crippen molar-refractivity contribution in [2.24, 2.45) is 0 Å². The maximum absolute atomic E-state index is 13.1. The van der Waals surface area contributed by atoms with E-state index in [1.165, 1.54) is 0 Å². The smallest absolute Gasteiger partial charge is 0.255 e. The Balaban J connectivity index is 1.33. The Morgan fingerprint density at radius 1 is 1.25 bits per heavy atom. The molecule has 8 heteroatoms. The van der Waals surface area contributed by atoms with Gasteiger partial charge in [-0.3, -0.25) is 9.69 Å². The maximum Gasteiger partial charge on any atom is 0.255 e. The number of hydrogen-bond acceptors (Lipinski definition) is 7. The molecular formula is C20H26N4O3S. The van der Waals surface area contributed by atoms with Crippen molar-refractivity contribution in [2.75, 3.05) is 38.5 Å². The normalized spacial score (nSPS) is 20.6. The topological polar surface area (TPSA) is 71.7 Å². The van der Waals surface area contributed by atoms with E-state index >= 15 is 0 Å². The van der Waals surface area contributed by atoms with E-state index in [9.17, 15) is 4.79 Å².